The number of aldehydes is 1. The molecule has 0 heterocycles. The highest BCUT2D eigenvalue weighted by Crippen LogP contribution is 2.27. The van der Waals surface area contributed by atoms with Gasteiger partial charge < -0.3 is 9.47 Å². The number of carbonyl (C=O) groups excluding carboxylic acids is 2. The van der Waals surface area contributed by atoms with E-state index in [4.69, 9.17) is 0 Å². The fourth-order valence-electron chi connectivity index (χ4n) is 1.39. The topological polar surface area (TPSA) is 52.6 Å². The van der Waals surface area contributed by atoms with Crippen LogP contribution in [0, 0.1) is 0 Å². The van der Waals surface area contributed by atoms with Gasteiger partial charge in [-0.25, -0.2) is 0 Å². The second kappa shape index (κ2) is 6.21. The fourth-order valence-corrected chi connectivity index (χ4v) is 1.39. The Morgan fingerprint density at radius 2 is 2.05 bits per heavy atom. The molecule has 0 atom stereocenters. The van der Waals surface area contributed by atoms with E-state index in [1.807, 2.05) is 0 Å². The highest BCUT2D eigenvalue weighted by molar-refractivity contribution is 5.79. The largest absolute Gasteiger partial charge is 0.573 e. The average molecular weight is 276 g/mol. The molecular formula is C12H11F3O4. The Hall–Kier alpha value is -2.05. The summed E-state index contributed by atoms with van der Waals surface area (Å²) >= 11 is 0. The molecule has 19 heavy (non-hydrogen) atoms. The molecule has 7 heteroatoms. The minimum Gasteiger partial charge on any atom is -0.469 e. The summed E-state index contributed by atoms with van der Waals surface area (Å²) in [5.41, 5.74) is 0.231. The summed E-state index contributed by atoms with van der Waals surface area (Å²) in [4.78, 5) is 21.5. The lowest BCUT2D eigenvalue weighted by molar-refractivity contribution is -0.274. The van der Waals surface area contributed by atoms with Crippen LogP contribution in [0.2, 0.25) is 0 Å². The zero-order valence-corrected chi connectivity index (χ0v) is 9.99. The van der Waals surface area contributed by atoms with Crippen LogP contribution in [0.3, 0.4) is 0 Å². The maximum absolute atomic E-state index is 12.1. The molecule has 0 spiro atoms. The minimum absolute atomic E-state index is 0.0302. The first kappa shape index (κ1) is 15.0. The Labute approximate surface area is 107 Å². The summed E-state index contributed by atoms with van der Waals surface area (Å²) in [6.45, 7) is 0. The summed E-state index contributed by atoms with van der Waals surface area (Å²) in [6, 6.07) is 3.75. The summed E-state index contributed by atoms with van der Waals surface area (Å²) in [5, 5.41) is 0. The number of hydrogen-bond acceptors (Lipinski definition) is 4. The summed E-state index contributed by atoms with van der Waals surface area (Å²) in [5.74, 6) is -1.05. The zero-order valence-electron chi connectivity index (χ0n) is 9.99. The minimum atomic E-state index is -4.88. The molecule has 0 aliphatic heterocycles. The Morgan fingerprint density at radius 1 is 1.37 bits per heavy atom. The van der Waals surface area contributed by atoms with Crippen molar-refractivity contribution in [1.29, 1.82) is 0 Å². The van der Waals surface area contributed by atoms with Gasteiger partial charge in [0.05, 0.1) is 12.7 Å². The lowest BCUT2D eigenvalue weighted by atomic mass is 10.1. The molecule has 0 N–H and O–H groups in total. The standard InChI is InChI=1S/C12H11F3O4/c1-18-11(17)5-3-8-2-4-9(7-16)10(6-8)19-12(13,14)15/h2,4,6-7H,3,5H2,1H3. The number of halogens is 3. The van der Waals surface area contributed by atoms with E-state index in [1.54, 1.807) is 0 Å². The molecule has 0 unspecified atom stereocenters. The van der Waals surface area contributed by atoms with Crippen molar-refractivity contribution in [3.05, 3.63) is 29.3 Å². The molecule has 0 aliphatic rings. The van der Waals surface area contributed by atoms with Crippen molar-refractivity contribution in [2.24, 2.45) is 0 Å². The molecular weight excluding hydrogens is 265 g/mol. The van der Waals surface area contributed by atoms with E-state index in [9.17, 15) is 22.8 Å². The molecule has 1 aromatic rings. The zero-order chi connectivity index (χ0) is 14.5. The van der Waals surface area contributed by atoms with Crippen LogP contribution < -0.4 is 4.74 Å². The smallest absolute Gasteiger partial charge is 0.469 e. The molecule has 0 aromatic heterocycles. The Bertz CT molecular complexity index is 469. The lowest BCUT2D eigenvalue weighted by Gasteiger charge is -2.12. The molecule has 0 aliphatic carbocycles. The van der Waals surface area contributed by atoms with E-state index in [1.165, 1.54) is 19.2 Å². The van der Waals surface area contributed by atoms with Gasteiger partial charge in [0, 0.05) is 6.42 Å². The van der Waals surface area contributed by atoms with Crippen LogP contribution in [-0.4, -0.2) is 25.7 Å². The van der Waals surface area contributed by atoms with E-state index >= 15 is 0 Å². The van der Waals surface area contributed by atoms with Gasteiger partial charge in [-0.2, -0.15) is 0 Å². The van der Waals surface area contributed by atoms with Crippen molar-refractivity contribution in [2.45, 2.75) is 19.2 Å². The van der Waals surface area contributed by atoms with Gasteiger partial charge in [0.1, 0.15) is 5.75 Å². The van der Waals surface area contributed by atoms with Crippen molar-refractivity contribution >= 4 is 12.3 Å². The van der Waals surface area contributed by atoms with Crippen molar-refractivity contribution in [1.82, 2.24) is 0 Å². The van der Waals surface area contributed by atoms with Crippen molar-refractivity contribution in [3.8, 4) is 5.75 Å². The molecule has 0 bridgehead atoms. The third-order valence-electron chi connectivity index (χ3n) is 2.28. The van der Waals surface area contributed by atoms with Gasteiger partial charge >= 0.3 is 12.3 Å². The number of alkyl halides is 3. The predicted octanol–water partition coefficient (Wildman–Crippen LogP) is 2.50. The van der Waals surface area contributed by atoms with Crippen molar-refractivity contribution < 1.29 is 32.2 Å². The van der Waals surface area contributed by atoms with Gasteiger partial charge in [-0.05, 0) is 24.1 Å². The van der Waals surface area contributed by atoms with Crippen LogP contribution in [0.15, 0.2) is 18.2 Å². The Morgan fingerprint density at radius 3 is 2.58 bits per heavy atom. The number of benzene rings is 1. The first-order chi connectivity index (χ1) is 8.85. The van der Waals surface area contributed by atoms with Gasteiger partial charge in [-0.1, -0.05) is 6.07 Å². The van der Waals surface area contributed by atoms with Crippen molar-refractivity contribution in [3.63, 3.8) is 0 Å². The number of carbonyl (C=O) groups is 2. The number of aryl methyl sites for hydroxylation is 1. The molecule has 0 amide bonds. The van der Waals surface area contributed by atoms with E-state index < -0.39 is 18.1 Å². The van der Waals surface area contributed by atoms with E-state index in [0.717, 1.165) is 6.07 Å². The van der Waals surface area contributed by atoms with Crippen LogP contribution >= 0.6 is 0 Å². The predicted molar refractivity (Wildman–Crippen MR) is 58.8 cm³/mol. The highest BCUT2D eigenvalue weighted by atomic mass is 19.4. The van der Waals surface area contributed by atoms with Crippen LogP contribution in [-0.2, 0) is 16.0 Å². The van der Waals surface area contributed by atoms with E-state index in [0.29, 0.717) is 5.56 Å². The number of ether oxygens (including phenoxy) is 2. The van der Waals surface area contributed by atoms with Crippen LogP contribution in [0.25, 0.3) is 0 Å². The third kappa shape index (κ3) is 4.99. The maximum atomic E-state index is 12.1. The maximum Gasteiger partial charge on any atom is 0.573 e. The molecule has 4 nitrogen and oxygen atoms in total. The van der Waals surface area contributed by atoms with Crippen LogP contribution in [0.1, 0.15) is 22.3 Å². The molecule has 0 radical (unpaired) electrons. The third-order valence-corrected chi connectivity index (χ3v) is 2.28. The molecule has 1 aromatic carbocycles. The van der Waals surface area contributed by atoms with Gasteiger partial charge in [-0.3, -0.25) is 9.59 Å². The molecule has 0 saturated heterocycles. The second-order valence-corrected chi connectivity index (χ2v) is 3.61. The second-order valence-electron chi connectivity index (χ2n) is 3.61. The van der Waals surface area contributed by atoms with Gasteiger partial charge in [0.15, 0.2) is 6.29 Å². The normalized spacial score (nSPS) is 10.9. The summed E-state index contributed by atoms with van der Waals surface area (Å²) in [7, 11) is 1.22. The highest BCUT2D eigenvalue weighted by Gasteiger charge is 2.32. The number of rotatable bonds is 5. The molecule has 104 valence electrons. The van der Waals surface area contributed by atoms with Gasteiger partial charge in [-0.15, -0.1) is 13.2 Å². The van der Waals surface area contributed by atoms with Crippen LogP contribution in [0.4, 0.5) is 13.2 Å². The number of esters is 1. The Balaban J connectivity index is 2.88. The van der Waals surface area contributed by atoms with E-state index in [2.05, 4.69) is 9.47 Å². The summed E-state index contributed by atoms with van der Waals surface area (Å²) < 4.78 is 44.6. The molecule has 0 saturated carbocycles. The first-order valence-electron chi connectivity index (χ1n) is 5.26. The lowest BCUT2D eigenvalue weighted by Crippen LogP contribution is -2.18. The van der Waals surface area contributed by atoms with Crippen molar-refractivity contribution in [2.75, 3.05) is 7.11 Å². The summed E-state index contributed by atoms with van der Waals surface area (Å²) in [6.07, 6.45) is -4.38. The Kier molecular flexibility index (Phi) is 4.91. The average Bonchev–Trinajstić information content (AvgIpc) is 2.34. The van der Waals surface area contributed by atoms with Gasteiger partial charge in [0.25, 0.3) is 0 Å². The quantitative estimate of drug-likeness (QED) is 0.612. The fraction of sp³-hybridized carbons (Fsp3) is 0.333. The number of hydrogen-bond donors (Lipinski definition) is 0. The van der Waals surface area contributed by atoms with Gasteiger partial charge in [0.2, 0.25) is 0 Å². The van der Waals surface area contributed by atoms with E-state index in [-0.39, 0.29) is 24.7 Å². The SMILES string of the molecule is COC(=O)CCc1ccc(C=O)c(OC(F)(F)F)c1. The number of methoxy groups -OCH3 is 1. The van der Waals surface area contributed by atoms with Crippen LogP contribution in [0.5, 0.6) is 5.75 Å². The monoisotopic (exact) mass is 276 g/mol. The molecule has 1 rings (SSSR count). The first-order valence-corrected chi connectivity index (χ1v) is 5.26. The molecule has 0 fully saturated rings.